The van der Waals surface area contributed by atoms with E-state index in [1.807, 2.05) is 0 Å². The zero-order valence-electron chi connectivity index (χ0n) is 15.9. The Labute approximate surface area is 177 Å². The molecule has 4 nitrogen and oxygen atoms in total. The number of carbonyl (C=O) groups is 1. The molecule has 1 amide bonds. The molecule has 30 heavy (non-hydrogen) atoms. The molecule has 1 heterocycles. The fourth-order valence-electron chi connectivity index (χ4n) is 3.07. The third kappa shape index (κ3) is 5.10. The first-order valence-corrected chi connectivity index (χ1v) is 9.48. The third-order valence-corrected chi connectivity index (χ3v) is 4.78. The zero-order valence-corrected chi connectivity index (χ0v) is 16.7. The number of halogens is 4. The van der Waals surface area contributed by atoms with Crippen molar-refractivity contribution in [3.63, 3.8) is 0 Å². The average molecular weight is 434 g/mol. The van der Waals surface area contributed by atoms with E-state index < -0.39 is 11.7 Å². The number of imidazole rings is 1. The van der Waals surface area contributed by atoms with Crippen LogP contribution >= 0.6 is 11.6 Å². The molecule has 0 aliphatic carbocycles. The molecule has 8 heteroatoms. The first kappa shape index (κ1) is 21.6. The number of hydrogen-bond acceptors (Lipinski definition) is 2. The molecule has 0 saturated heterocycles. The Bertz CT molecular complexity index is 1030. The monoisotopic (exact) mass is 433 g/mol. The summed E-state index contributed by atoms with van der Waals surface area (Å²) in [5.74, 6) is 0.216. The molecule has 0 atom stereocenters. The molecule has 3 aromatic rings. The summed E-state index contributed by atoms with van der Waals surface area (Å²) in [4.78, 5) is 18.6. The molecule has 2 aromatic carbocycles. The topological polar surface area (TPSA) is 38.1 Å². The van der Waals surface area contributed by atoms with Gasteiger partial charge in [-0.05, 0) is 35.9 Å². The zero-order chi connectivity index (χ0) is 21.7. The maximum absolute atomic E-state index is 13.3. The average Bonchev–Trinajstić information content (AvgIpc) is 3.14. The highest BCUT2D eigenvalue weighted by atomic mass is 35.5. The van der Waals surface area contributed by atoms with Gasteiger partial charge in [-0.3, -0.25) is 4.79 Å². The van der Waals surface area contributed by atoms with Crippen molar-refractivity contribution in [2.24, 2.45) is 0 Å². The normalized spacial score (nSPS) is 11.3. The van der Waals surface area contributed by atoms with Crippen LogP contribution in [0, 0.1) is 0 Å². The van der Waals surface area contributed by atoms with Crippen LogP contribution in [0.5, 0.6) is 0 Å². The number of hydrogen-bond donors (Lipinski definition) is 0. The van der Waals surface area contributed by atoms with E-state index in [1.54, 1.807) is 47.2 Å². The molecule has 0 saturated carbocycles. The van der Waals surface area contributed by atoms with E-state index in [2.05, 4.69) is 11.6 Å². The van der Waals surface area contributed by atoms with Crippen molar-refractivity contribution < 1.29 is 18.0 Å². The Kier molecular flexibility index (Phi) is 6.62. The predicted octanol–water partition coefficient (Wildman–Crippen LogP) is 5.43. The molecule has 1 aromatic heterocycles. The lowest BCUT2D eigenvalue weighted by molar-refractivity contribution is -0.138. The molecule has 156 valence electrons. The quantitative estimate of drug-likeness (QED) is 0.466. The molecule has 0 spiro atoms. The smallest absolute Gasteiger partial charge is 0.329 e. The molecular formula is C22H19ClF3N3O. The van der Waals surface area contributed by atoms with Gasteiger partial charge in [-0.1, -0.05) is 35.9 Å². The second-order valence-electron chi connectivity index (χ2n) is 6.61. The minimum atomic E-state index is -4.45. The van der Waals surface area contributed by atoms with Gasteiger partial charge in [0.15, 0.2) is 0 Å². The third-order valence-electron chi connectivity index (χ3n) is 4.53. The number of amides is 1. The van der Waals surface area contributed by atoms with Gasteiger partial charge in [0.05, 0.1) is 12.1 Å². The van der Waals surface area contributed by atoms with Gasteiger partial charge in [-0.25, -0.2) is 4.98 Å². The van der Waals surface area contributed by atoms with E-state index in [-0.39, 0.29) is 31.1 Å². The van der Waals surface area contributed by atoms with E-state index in [0.29, 0.717) is 16.4 Å². The summed E-state index contributed by atoms with van der Waals surface area (Å²) in [5, 5.41) is 0.515. The van der Waals surface area contributed by atoms with Crippen LogP contribution < -0.4 is 0 Å². The van der Waals surface area contributed by atoms with Gasteiger partial charge in [-0.15, -0.1) is 6.58 Å². The molecular weight excluding hydrogens is 415 g/mol. The Hall–Kier alpha value is -3.06. The van der Waals surface area contributed by atoms with Gasteiger partial charge < -0.3 is 9.47 Å². The van der Waals surface area contributed by atoms with Gasteiger partial charge in [0, 0.05) is 36.1 Å². The van der Waals surface area contributed by atoms with Crippen LogP contribution in [-0.4, -0.2) is 26.9 Å². The lowest BCUT2D eigenvalue weighted by Crippen LogP contribution is -2.32. The first-order valence-electron chi connectivity index (χ1n) is 9.10. The Morgan fingerprint density at radius 1 is 1.17 bits per heavy atom. The van der Waals surface area contributed by atoms with Gasteiger partial charge in [0.25, 0.3) is 5.91 Å². The minimum absolute atomic E-state index is 0.0118. The molecule has 0 aliphatic rings. The number of alkyl halides is 3. The standard InChI is InChI=1S/C22H19ClF3N3O/c1-2-12-29(21(30)16-7-9-18(23)10-8-16)15-20-27-11-13-28(20)14-17-5-3-4-6-19(17)22(24,25)26/h2-11,13H,1,12,14-15H2. The summed E-state index contributed by atoms with van der Waals surface area (Å²) < 4.78 is 41.5. The molecule has 0 aliphatic heterocycles. The number of rotatable bonds is 7. The first-order chi connectivity index (χ1) is 14.3. The fraction of sp³-hybridized carbons (Fsp3) is 0.182. The van der Waals surface area contributed by atoms with Crippen molar-refractivity contribution >= 4 is 17.5 Å². The van der Waals surface area contributed by atoms with Gasteiger partial charge in [0.1, 0.15) is 5.82 Å². The molecule has 0 N–H and O–H groups in total. The van der Waals surface area contributed by atoms with Crippen LogP contribution in [0.2, 0.25) is 5.02 Å². The SMILES string of the molecule is C=CCN(Cc1nccn1Cc1ccccc1C(F)(F)F)C(=O)c1ccc(Cl)cc1. The lowest BCUT2D eigenvalue weighted by Gasteiger charge is -2.22. The summed E-state index contributed by atoms with van der Waals surface area (Å²) in [5.41, 5.74) is -0.116. The summed E-state index contributed by atoms with van der Waals surface area (Å²) in [6, 6.07) is 11.9. The molecule has 0 fully saturated rings. The highest BCUT2D eigenvalue weighted by Crippen LogP contribution is 2.32. The Balaban J connectivity index is 1.84. The predicted molar refractivity (Wildman–Crippen MR) is 109 cm³/mol. The Morgan fingerprint density at radius 2 is 1.87 bits per heavy atom. The van der Waals surface area contributed by atoms with E-state index >= 15 is 0 Å². The van der Waals surface area contributed by atoms with Gasteiger partial charge in [0.2, 0.25) is 0 Å². The van der Waals surface area contributed by atoms with Crippen LogP contribution in [-0.2, 0) is 19.3 Å². The van der Waals surface area contributed by atoms with E-state index in [1.165, 1.54) is 23.2 Å². The van der Waals surface area contributed by atoms with Crippen LogP contribution in [0.15, 0.2) is 73.6 Å². The van der Waals surface area contributed by atoms with E-state index in [4.69, 9.17) is 11.6 Å². The number of benzene rings is 2. The molecule has 0 bridgehead atoms. The summed E-state index contributed by atoms with van der Waals surface area (Å²) >= 11 is 5.88. The Morgan fingerprint density at radius 3 is 2.53 bits per heavy atom. The summed E-state index contributed by atoms with van der Waals surface area (Å²) in [6.45, 7) is 4.05. The summed E-state index contributed by atoms with van der Waals surface area (Å²) in [7, 11) is 0. The largest absolute Gasteiger partial charge is 0.416 e. The number of carbonyl (C=O) groups excluding carboxylic acids is 1. The van der Waals surface area contributed by atoms with Crippen molar-refractivity contribution in [2.45, 2.75) is 19.3 Å². The molecule has 0 unspecified atom stereocenters. The minimum Gasteiger partial charge on any atom is -0.329 e. The number of nitrogens with zero attached hydrogens (tertiary/aromatic N) is 3. The molecule has 3 rings (SSSR count). The van der Waals surface area contributed by atoms with Crippen LogP contribution in [0.3, 0.4) is 0 Å². The highest BCUT2D eigenvalue weighted by Gasteiger charge is 2.33. The van der Waals surface area contributed by atoms with Crippen molar-refractivity contribution in [3.05, 3.63) is 101 Å². The second kappa shape index (κ2) is 9.17. The van der Waals surface area contributed by atoms with Crippen molar-refractivity contribution in [2.75, 3.05) is 6.54 Å². The van der Waals surface area contributed by atoms with Crippen LogP contribution in [0.4, 0.5) is 13.2 Å². The van der Waals surface area contributed by atoms with Crippen molar-refractivity contribution in [1.82, 2.24) is 14.5 Å². The van der Waals surface area contributed by atoms with Crippen molar-refractivity contribution in [1.29, 1.82) is 0 Å². The maximum Gasteiger partial charge on any atom is 0.416 e. The highest BCUT2D eigenvalue weighted by molar-refractivity contribution is 6.30. The second-order valence-corrected chi connectivity index (χ2v) is 7.04. The lowest BCUT2D eigenvalue weighted by atomic mass is 10.1. The summed E-state index contributed by atoms with van der Waals surface area (Å²) in [6.07, 6.45) is 0.239. The fourth-order valence-corrected chi connectivity index (χ4v) is 3.20. The number of aromatic nitrogens is 2. The van der Waals surface area contributed by atoms with E-state index in [9.17, 15) is 18.0 Å². The van der Waals surface area contributed by atoms with Crippen LogP contribution in [0.25, 0.3) is 0 Å². The van der Waals surface area contributed by atoms with Crippen molar-refractivity contribution in [3.8, 4) is 0 Å². The molecule has 0 radical (unpaired) electrons. The van der Waals surface area contributed by atoms with Crippen LogP contribution in [0.1, 0.15) is 27.3 Å². The maximum atomic E-state index is 13.3. The van der Waals surface area contributed by atoms with E-state index in [0.717, 1.165) is 6.07 Å². The van der Waals surface area contributed by atoms with Gasteiger partial charge in [-0.2, -0.15) is 13.2 Å². The van der Waals surface area contributed by atoms with Gasteiger partial charge >= 0.3 is 6.18 Å².